The first-order chi connectivity index (χ1) is 19.6. The van der Waals surface area contributed by atoms with Crippen molar-refractivity contribution < 1.29 is 17.9 Å². The minimum atomic E-state index is -4.07. The van der Waals surface area contributed by atoms with Crippen molar-refractivity contribution in [3.63, 3.8) is 0 Å². The number of halogens is 1. The van der Waals surface area contributed by atoms with Crippen molar-refractivity contribution in [2.24, 2.45) is 5.14 Å². The number of primary sulfonamides is 1. The van der Waals surface area contributed by atoms with Gasteiger partial charge in [-0.2, -0.15) is 0 Å². The molecule has 10 nitrogen and oxygen atoms in total. The highest BCUT2D eigenvalue weighted by molar-refractivity contribution is 7.89. The van der Waals surface area contributed by atoms with E-state index < -0.39 is 15.4 Å². The molecule has 1 fully saturated rings. The third kappa shape index (κ3) is 5.00. The fourth-order valence-electron chi connectivity index (χ4n) is 5.92. The topological polar surface area (TPSA) is 132 Å². The standard InChI is InChI=1S/C30H32N6O4S.ClH/c1-35(2)13-6-14-40-28-22(27-25(41(31,38)39)7-4-12-32-27)16-20(17-34-28)19-8-9-23-21(15-19)26-24(18-33-23)36(3)29(37)30(26)10-5-11-30;/h4,7-9,12,15-18H,5-6,10-11,13-14H2,1-3H3,(H2,31,38,39);1H. The van der Waals surface area contributed by atoms with E-state index in [2.05, 4.69) is 19.9 Å². The fraction of sp³-hybridized carbons (Fsp3) is 0.333. The monoisotopic (exact) mass is 608 g/mol. The Balaban J connectivity index is 0.00000353. The number of pyridine rings is 3. The van der Waals surface area contributed by atoms with Crippen LogP contribution in [0.15, 0.2) is 59.9 Å². The number of hydrogen-bond acceptors (Lipinski definition) is 8. The van der Waals surface area contributed by atoms with E-state index in [0.29, 0.717) is 12.2 Å². The van der Waals surface area contributed by atoms with Crippen LogP contribution in [0.3, 0.4) is 0 Å². The van der Waals surface area contributed by atoms with Crippen LogP contribution in [0.25, 0.3) is 33.3 Å². The largest absolute Gasteiger partial charge is 0.477 e. The summed E-state index contributed by atoms with van der Waals surface area (Å²) < 4.78 is 31.0. The Morgan fingerprint density at radius 2 is 1.86 bits per heavy atom. The molecule has 1 aliphatic heterocycles. The van der Waals surface area contributed by atoms with Crippen molar-refractivity contribution in [2.45, 2.75) is 36.0 Å². The maximum Gasteiger partial charge on any atom is 0.240 e. The van der Waals surface area contributed by atoms with E-state index in [4.69, 9.17) is 9.88 Å². The third-order valence-electron chi connectivity index (χ3n) is 8.11. The zero-order chi connectivity index (χ0) is 28.9. The highest BCUT2D eigenvalue weighted by Gasteiger charge is 2.54. The number of amides is 1. The quantitative estimate of drug-likeness (QED) is 0.295. The second-order valence-corrected chi connectivity index (χ2v) is 12.6. The predicted octanol–water partition coefficient (Wildman–Crippen LogP) is 4.16. The Morgan fingerprint density at radius 1 is 1.07 bits per heavy atom. The number of aromatic nitrogens is 3. The molecule has 0 saturated heterocycles. The molecule has 12 heteroatoms. The van der Waals surface area contributed by atoms with Crippen molar-refractivity contribution in [1.29, 1.82) is 0 Å². The van der Waals surface area contributed by atoms with Crippen molar-refractivity contribution in [1.82, 2.24) is 19.9 Å². The normalized spacial score (nSPS) is 15.5. The molecular weight excluding hydrogens is 576 g/mol. The van der Waals surface area contributed by atoms with Gasteiger partial charge in [-0.05, 0) is 69.3 Å². The lowest BCUT2D eigenvalue weighted by atomic mass is 9.64. The molecule has 1 amide bonds. The number of nitrogens with two attached hydrogens (primary N) is 1. The lowest BCUT2D eigenvalue weighted by molar-refractivity contribution is -0.125. The molecule has 0 bridgehead atoms. The first-order valence-corrected chi connectivity index (χ1v) is 15.1. The number of ether oxygens (including phenoxy) is 1. The van der Waals surface area contributed by atoms with Crippen LogP contribution in [0.4, 0.5) is 5.69 Å². The van der Waals surface area contributed by atoms with Crippen molar-refractivity contribution in [3.8, 4) is 28.3 Å². The van der Waals surface area contributed by atoms with Crippen LogP contribution in [-0.2, 0) is 20.2 Å². The summed E-state index contributed by atoms with van der Waals surface area (Å²) in [5.74, 6) is 0.406. The number of anilines is 1. The smallest absolute Gasteiger partial charge is 0.240 e. The SMILES string of the molecule is CN(C)CCCOc1ncc(-c2ccc3ncc4c(c3c2)C2(CCC2)C(=O)N4C)cc1-c1ncccc1S(N)(=O)=O.Cl. The molecule has 4 heterocycles. The van der Waals surface area contributed by atoms with Gasteiger partial charge >= 0.3 is 0 Å². The van der Waals surface area contributed by atoms with Crippen LogP contribution in [0.5, 0.6) is 5.88 Å². The summed E-state index contributed by atoms with van der Waals surface area (Å²) in [6.07, 6.45) is 8.45. The molecule has 0 unspecified atom stereocenters. The fourth-order valence-corrected chi connectivity index (χ4v) is 6.62. The van der Waals surface area contributed by atoms with Crippen molar-refractivity contribution in [3.05, 3.63) is 60.6 Å². The van der Waals surface area contributed by atoms with E-state index in [1.54, 1.807) is 17.3 Å². The Kier molecular flexibility index (Phi) is 7.97. The third-order valence-corrected chi connectivity index (χ3v) is 9.06. The zero-order valence-electron chi connectivity index (χ0n) is 23.7. The first kappa shape index (κ1) is 29.8. The minimum absolute atomic E-state index is 0. The van der Waals surface area contributed by atoms with E-state index in [-0.39, 0.29) is 34.8 Å². The second-order valence-electron chi connectivity index (χ2n) is 11.0. The average Bonchev–Trinajstić information content (AvgIpc) is 3.17. The number of nitrogens with zero attached hydrogens (tertiary/aromatic N) is 5. The molecule has 6 rings (SSSR count). The number of sulfonamides is 1. The van der Waals surface area contributed by atoms with Crippen molar-refractivity contribution in [2.75, 3.05) is 39.2 Å². The number of carbonyl (C=O) groups excluding carboxylic acids is 1. The summed E-state index contributed by atoms with van der Waals surface area (Å²) in [4.78, 5) is 30.6. The molecule has 1 aliphatic carbocycles. The van der Waals surface area contributed by atoms with Gasteiger partial charge in [0, 0.05) is 42.5 Å². The molecule has 2 aliphatic rings. The summed E-state index contributed by atoms with van der Waals surface area (Å²) in [5, 5.41) is 6.49. The second kappa shape index (κ2) is 11.2. The van der Waals surface area contributed by atoms with Gasteiger partial charge in [0.2, 0.25) is 21.8 Å². The highest BCUT2D eigenvalue weighted by atomic mass is 35.5. The Hall–Kier alpha value is -3.64. The lowest BCUT2D eigenvalue weighted by Crippen LogP contribution is -2.43. The summed E-state index contributed by atoms with van der Waals surface area (Å²) in [7, 11) is 1.72. The molecule has 1 aromatic carbocycles. The van der Waals surface area contributed by atoms with Crippen LogP contribution in [-0.4, -0.2) is 68.5 Å². The number of rotatable bonds is 8. The van der Waals surface area contributed by atoms with E-state index in [0.717, 1.165) is 65.5 Å². The Labute approximate surface area is 251 Å². The number of hydrogen-bond donors (Lipinski definition) is 1. The number of benzene rings is 1. The summed E-state index contributed by atoms with van der Waals surface area (Å²) >= 11 is 0. The molecule has 0 atom stereocenters. The van der Waals surface area contributed by atoms with Crippen LogP contribution < -0.4 is 14.8 Å². The molecule has 1 spiro atoms. The van der Waals surface area contributed by atoms with E-state index in [9.17, 15) is 13.2 Å². The first-order valence-electron chi connectivity index (χ1n) is 13.6. The summed E-state index contributed by atoms with van der Waals surface area (Å²) in [5.41, 5.74) is 4.42. The molecule has 220 valence electrons. The van der Waals surface area contributed by atoms with Gasteiger partial charge in [-0.3, -0.25) is 14.8 Å². The Bertz CT molecular complexity index is 1790. The van der Waals surface area contributed by atoms with Crippen molar-refractivity contribution >= 4 is 44.9 Å². The van der Waals surface area contributed by atoms with Gasteiger partial charge in [0.15, 0.2) is 0 Å². The maximum absolute atomic E-state index is 13.3. The van der Waals surface area contributed by atoms with E-state index in [1.165, 1.54) is 18.3 Å². The minimum Gasteiger partial charge on any atom is -0.477 e. The number of fused-ring (bicyclic) bond motifs is 4. The average molecular weight is 609 g/mol. The highest BCUT2D eigenvalue weighted by Crippen LogP contribution is 2.55. The molecular formula is C30H33ClN6O4S. The van der Waals surface area contributed by atoms with Crippen LogP contribution in [0.1, 0.15) is 31.2 Å². The van der Waals surface area contributed by atoms with Crippen LogP contribution >= 0.6 is 12.4 Å². The predicted molar refractivity (Wildman–Crippen MR) is 164 cm³/mol. The number of likely N-dealkylation sites (N-methyl/N-ethyl adjacent to an activating group) is 1. The van der Waals surface area contributed by atoms with Gasteiger partial charge < -0.3 is 14.5 Å². The van der Waals surface area contributed by atoms with Gasteiger partial charge in [0.05, 0.1) is 40.7 Å². The van der Waals surface area contributed by atoms with Gasteiger partial charge in [0.1, 0.15) is 4.90 Å². The van der Waals surface area contributed by atoms with Gasteiger partial charge in [-0.1, -0.05) is 12.5 Å². The van der Waals surface area contributed by atoms with Crippen LogP contribution in [0, 0.1) is 0 Å². The van der Waals surface area contributed by atoms with Crippen LogP contribution in [0.2, 0.25) is 0 Å². The van der Waals surface area contributed by atoms with Gasteiger partial charge in [0.25, 0.3) is 0 Å². The van der Waals surface area contributed by atoms with E-state index >= 15 is 0 Å². The molecule has 42 heavy (non-hydrogen) atoms. The zero-order valence-corrected chi connectivity index (χ0v) is 25.3. The molecule has 2 N–H and O–H groups in total. The molecule has 4 aromatic rings. The van der Waals surface area contributed by atoms with E-state index in [1.807, 2.05) is 45.4 Å². The Morgan fingerprint density at radius 3 is 2.55 bits per heavy atom. The lowest BCUT2D eigenvalue weighted by Gasteiger charge is -2.37. The molecule has 0 radical (unpaired) electrons. The van der Waals surface area contributed by atoms with Gasteiger partial charge in [-0.25, -0.2) is 18.5 Å². The maximum atomic E-state index is 13.3. The number of carbonyl (C=O) groups is 1. The van der Waals surface area contributed by atoms with Gasteiger partial charge in [-0.15, -0.1) is 12.4 Å². The summed E-state index contributed by atoms with van der Waals surface area (Å²) in [6, 6.07) is 10.7. The molecule has 3 aromatic heterocycles. The summed E-state index contributed by atoms with van der Waals surface area (Å²) in [6.45, 7) is 1.22. The molecule has 1 saturated carbocycles.